The van der Waals surface area contributed by atoms with Crippen LogP contribution < -0.4 is 4.74 Å². The highest BCUT2D eigenvalue weighted by Crippen LogP contribution is 2.63. The van der Waals surface area contributed by atoms with Gasteiger partial charge in [-0.05, 0) is 49.8 Å². The summed E-state index contributed by atoms with van der Waals surface area (Å²) in [5, 5.41) is 0. The van der Waals surface area contributed by atoms with Gasteiger partial charge < -0.3 is 14.2 Å². The van der Waals surface area contributed by atoms with Gasteiger partial charge in [-0.15, -0.1) is 0 Å². The van der Waals surface area contributed by atoms with Gasteiger partial charge in [0.25, 0.3) is 0 Å². The van der Waals surface area contributed by atoms with E-state index in [1.165, 1.54) is 6.42 Å². The minimum atomic E-state index is -0.894. The Balaban J connectivity index is 1.64. The zero-order chi connectivity index (χ0) is 15.9. The third-order valence-corrected chi connectivity index (χ3v) is 5.72. The van der Waals surface area contributed by atoms with Gasteiger partial charge >= 0.3 is 5.97 Å². The Morgan fingerprint density at radius 3 is 2.35 bits per heavy atom. The van der Waals surface area contributed by atoms with E-state index in [2.05, 4.69) is 0 Å². The molecule has 1 heterocycles. The zero-order valence-electron chi connectivity index (χ0n) is 13.7. The van der Waals surface area contributed by atoms with Crippen molar-refractivity contribution in [3.63, 3.8) is 0 Å². The van der Waals surface area contributed by atoms with E-state index in [-0.39, 0.29) is 17.7 Å². The average molecular weight is 316 g/mol. The van der Waals surface area contributed by atoms with Crippen LogP contribution in [0.15, 0.2) is 24.3 Å². The van der Waals surface area contributed by atoms with Crippen molar-refractivity contribution in [1.29, 1.82) is 0 Å². The number of ether oxygens (including phenoxy) is 3. The monoisotopic (exact) mass is 316 g/mol. The van der Waals surface area contributed by atoms with Crippen molar-refractivity contribution in [1.82, 2.24) is 0 Å². The summed E-state index contributed by atoms with van der Waals surface area (Å²) in [6, 6.07) is 7.69. The van der Waals surface area contributed by atoms with Crippen molar-refractivity contribution < 1.29 is 19.0 Å². The molecule has 4 rings (SSSR count). The predicted octanol–water partition coefficient (Wildman–Crippen LogP) is 3.72. The third-order valence-electron chi connectivity index (χ3n) is 5.72. The molecule has 1 saturated heterocycles. The maximum absolute atomic E-state index is 13.0. The van der Waals surface area contributed by atoms with Crippen LogP contribution in [0.5, 0.6) is 5.75 Å². The summed E-state index contributed by atoms with van der Waals surface area (Å²) in [6.07, 6.45) is 8.55. The minimum absolute atomic E-state index is 0.0856. The van der Waals surface area contributed by atoms with Crippen LogP contribution in [0.4, 0.5) is 0 Å². The molecule has 4 heteroatoms. The molecule has 124 valence electrons. The Labute approximate surface area is 137 Å². The zero-order valence-corrected chi connectivity index (χ0v) is 13.7. The van der Waals surface area contributed by atoms with Gasteiger partial charge in [-0.25, -0.2) is 4.79 Å². The molecule has 2 saturated carbocycles. The van der Waals surface area contributed by atoms with Crippen LogP contribution in [0, 0.1) is 0 Å². The van der Waals surface area contributed by atoms with Crippen LogP contribution in [0.3, 0.4) is 0 Å². The first-order valence-electron chi connectivity index (χ1n) is 8.76. The van der Waals surface area contributed by atoms with E-state index in [0.29, 0.717) is 0 Å². The lowest BCUT2D eigenvalue weighted by molar-refractivity contribution is -0.160. The van der Waals surface area contributed by atoms with E-state index in [4.69, 9.17) is 14.2 Å². The van der Waals surface area contributed by atoms with Gasteiger partial charge in [-0.2, -0.15) is 0 Å². The summed E-state index contributed by atoms with van der Waals surface area (Å²) in [7, 11) is 1.64. The van der Waals surface area contributed by atoms with Gasteiger partial charge in [0.2, 0.25) is 5.60 Å². The molecule has 0 aromatic heterocycles. The fourth-order valence-electron chi connectivity index (χ4n) is 4.06. The van der Waals surface area contributed by atoms with Gasteiger partial charge in [0, 0.05) is 0 Å². The summed E-state index contributed by atoms with van der Waals surface area (Å²) in [5.74, 6) is 0.601. The molecule has 1 spiro atoms. The van der Waals surface area contributed by atoms with E-state index in [1.807, 2.05) is 24.3 Å². The molecule has 23 heavy (non-hydrogen) atoms. The topological polar surface area (TPSA) is 48.1 Å². The fraction of sp³-hybridized carbons (Fsp3) is 0.632. The normalized spacial score (nSPS) is 28.9. The summed E-state index contributed by atoms with van der Waals surface area (Å²) in [6.45, 7) is 0. The van der Waals surface area contributed by atoms with Crippen molar-refractivity contribution in [2.24, 2.45) is 0 Å². The van der Waals surface area contributed by atoms with Gasteiger partial charge in [-0.3, -0.25) is 0 Å². The van der Waals surface area contributed by atoms with Crippen LogP contribution >= 0.6 is 0 Å². The molecule has 2 aliphatic carbocycles. The van der Waals surface area contributed by atoms with Gasteiger partial charge in [0.15, 0.2) is 0 Å². The maximum atomic E-state index is 13.0. The number of epoxide rings is 1. The molecule has 1 aromatic carbocycles. The highest BCUT2D eigenvalue weighted by atomic mass is 16.7. The molecular weight excluding hydrogens is 292 g/mol. The Hall–Kier alpha value is -1.55. The standard InChI is InChI=1S/C19H24O4/c1-21-15-10-8-14(9-11-15)19(17(20)22-16-6-5-7-16)18(23-19)12-3-2-4-13-18/h8-11,16H,2-7,12-13H2,1H3. The van der Waals surface area contributed by atoms with Gasteiger partial charge in [0.05, 0.1) is 7.11 Å². The lowest BCUT2D eigenvalue weighted by Gasteiger charge is -2.29. The number of benzene rings is 1. The van der Waals surface area contributed by atoms with Gasteiger partial charge in [-0.1, -0.05) is 31.4 Å². The summed E-state index contributed by atoms with van der Waals surface area (Å²) < 4.78 is 17.2. The van der Waals surface area contributed by atoms with Crippen molar-refractivity contribution in [2.45, 2.75) is 68.7 Å². The second-order valence-electron chi connectivity index (χ2n) is 7.02. The fourth-order valence-corrected chi connectivity index (χ4v) is 4.06. The quantitative estimate of drug-likeness (QED) is 0.627. The molecule has 0 amide bonds. The number of esters is 1. The SMILES string of the molecule is COc1ccc(C2(C(=O)OC3CCC3)OC23CCCCC3)cc1. The summed E-state index contributed by atoms with van der Waals surface area (Å²) in [5.41, 5.74) is -0.333. The van der Waals surface area contributed by atoms with Crippen molar-refractivity contribution in [3.05, 3.63) is 29.8 Å². The Bertz CT molecular complexity index is 584. The number of rotatable bonds is 4. The molecule has 0 radical (unpaired) electrons. The van der Waals surface area contributed by atoms with Crippen molar-refractivity contribution in [3.8, 4) is 5.75 Å². The molecule has 1 unspecified atom stereocenters. The highest BCUT2D eigenvalue weighted by Gasteiger charge is 2.76. The smallest absolute Gasteiger partial charge is 0.346 e. The largest absolute Gasteiger partial charge is 0.497 e. The number of methoxy groups -OCH3 is 1. The number of carbonyl (C=O) groups excluding carboxylic acids is 1. The average Bonchev–Trinajstić information content (AvgIpc) is 3.20. The van der Waals surface area contributed by atoms with E-state index in [9.17, 15) is 4.79 Å². The Morgan fingerprint density at radius 1 is 1.09 bits per heavy atom. The second kappa shape index (κ2) is 5.52. The minimum Gasteiger partial charge on any atom is -0.497 e. The van der Waals surface area contributed by atoms with Gasteiger partial charge in [0.1, 0.15) is 17.5 Å². The third kappa shape index (κ3) is 2.26. The van der Waals surface area contributed by atoms with Crippen LogP contribution in [-0.2, 0) is 19.9 Å². The predicted molar refractivity (Wildman–Crippen MR) is 85.3 cm³/mol. The lowest BCUT2D eigenvalue weighted by Crippen LogP contribution is -2.38. The molecule has 1 aromatic rings. The van der Waals surface area contributed by atoms with Crippen LogP contribution in [0.25, 0.3) is 0 Å². The lowest BCUT2D eigenvalue weighted by atomic mass is 9.76. The molecular formula is C19H24O4. The first kappa shape index (κ1) is 15.0. The first-order chi connectivity index (χ1) is 11.2. The molecule has 3 fully saturated rings. The molecule has 0 N–H and O–H groups in total. The highest BCUT2D eigenvalue weighted by molar-refractivity contribution is 5.87. The number of hydrogen-bond donors (Lipinski definition) is 0. The maximum Gasteiger partial charge on any atom is 0.346 e. The molecule has 1 atom stereocenters. The van der Waals surface area contributed by atoms with Crippen molar-refractivity contribution >= 4 is 5.97 Å². The second-order valence-corrected chi connectivity index (χ2v) is 7.02. The van der Waals surface area contributed by atoms with E-state index in [0.717, 1.165) is 56.3 Å². The molecule has 4 nitrogen and oxygen atoms in total. The summed E-state index contributed by atoms with van der Waals surface area (Å²) >= 11 is 0. The molecule has 1 aliphatic heterocycles. The van der Waals surface area contributed by atoms with Crippen molar-refractivity contribution in [2.75, 3.05) is 7.11 Å². The van der Waals surface area contributed by atoms with Crippen LogP contribution in [-0.4, -0.2) is 24.8 Å². The number of carbonyl (C=O) groups is 1. The van der Waals surface area contributed by atoms with E-state index in [1.54, 1.807) is 7.11 Å². The summed E-state index contributed by atoms with van der Waals surface area (Å²) in [4.78, 5) is 13.0. The first-order valence-corrected chi connectivity index (χ1v) is 8.76. The van der Waals surface area contributed by atoms with Crippen LogP contribution in [0.2, 0.25) is 0 Å². The Morgan fingerprint density at radius 2 is 1.78 bits per heavy atom. The molecule has 0 bridgehead atoms. The number of hydrogen-bond acceptors (Lipinski definition) is 4. The molecule has 3 aliphatic rings. The van der Waals surface area contributed by atoms with E-state index < -0.39 is 5.60 Å². The Kier molecular flexibility index (Phi) is 3.60. The van der Waals surface area contributed by atoms with E-state index >= 15 is 0 Å². The van der Waals surface area contributed by atoms with Crippen LogP contribution in [0.1, 0.15) is 56.9 Å².